The summed E-state index contributed by atoms with van der Waals surface area (Å²) in [5, 5.41) is 2.74. The van der Waals surface area contributed by atoms with E-state index in [0.717, 1.165) is 19.3 Å². The lowest BCUT2D eigenvalue weighted by Gasteiger charge is -2.16. The number of halogens is 1. The smallest absolute Gasteiger partial charge is 0.239 e. The van der Waals surface area contributed by atoms with E-state index in [-0.39, 0.29) is 18.4 Å². The van der Waals surface area contributed by atoms with Crippen LogP contribution in [0.5, 0.6) is 0 Å². The van der Waals surface area contributed by atoms with Crippen molar-refractivity contribution in [2.24, 2.45) is 0 Å². The molecule has 0 rings (SSSR count). The van der Waals surface area contributed by atoms with E-state index in [1.165, 1.54) is 4.90 Å². The van der Waals surface area contributed by atoms with E-state index < -0.39 is 0 Å². The van der Waals surface area contributed by atoms with Crippen molar-refractivity contribution in [2.45, 2.75) is 25.7 Å². The van der Waals surface area contributed by atoms with Crippen LogP contribution < -0.4 is 5.32 Å². The van der Waals surface area contributed by atoms with E-state index in [9.17, 15) is 9.59 Å². The van der Waals surface area contributed by atoms with Gasteiger partial charge in [0.2, 0.25) is 11.8 Å². The van der Waals surface area contributed by atoms with Gasteiger partial charge in [0.1, 0.15) is 0 Å². The summed E-state index contributed by atoms with van der Waals surface area (Å²) in [4.78, 5) is 24.5. The van der Waals surface area contributed by atoms with Crippen molar-refractivity contribution in [1.29, 1.82) is 0 Å². The number of methoxy groups -OCH3 is 1. The van der Waals surface area contributed by atoms with E-state index in [2.05, 4.69) is 5.32 Å². The molecule has 0 aromatic rings. The maximum absolute atomic E-state index is 11.6. The highest BCUT2D eigenvalue weighted by Gasteiger charge is 2.11. The Morgan fingerprint density at radius 2 is 2.00 bits per heavy atom. The molecule has 0 fully saturated rings. The summed E-state index contributed by atoms with van der Waals surface area (Å²) in [6, 6.07) is 0. The first-order valence-corrected chi connectivity index (χ1v) is 6.70. The molecule has 0 aliphatic heterocycles. The van der Waals surface area contributed by atoms with Crippen LogP contribution in [0, 0.1) is 0 Å². The first-order valence-electron chi connectivity index (χ1n) is 6.17. The summed E-state index contributed by atoms with van der Waals surface area (Å²) in [5.41, 5.74) is 0. The van der Waals surface area contributed by atoms with E-state index in [0.29, 0.717) is 25.5 Å². The fraction of sp³-hybridized carbons (Fsp3) is 0.833. The highest BCUT2D eigenvalue weighted by Crippen LogP contribution is 2.00. The number of carbonyl (C=O) groups excluding carboxylic acids is 2. The van der Waals surface area contributed by atoms with Crippen LogP contribution >= 0.6 is 11.6 Å². The number of nitrogens with zero attached hydrogens (tertiary/aromatic N) is 1. The van der Waals surface area contributed by atoms with E-state index in [4.69, 9.17) is 16.3 Å². The Kier molecular flexibility index (Phi) is 10.8. The highest BCUT2D eigenvalue weighted by atomic mass is 35.5. The number of likely N-dealkylation sites (N-methyl/N-ethyl adjacent to an activating group) is 1. The van der Waals surface area contributed by atoms with Gasteiger partial charge in [0, 0.05) is 39.6 Å². The summed E-state index contributed by atoms with van der Waals surface area (Å²) < 4.78 is 4.87. The fourth-order valence-electron chi connectivity index (χ4n) is 1.37. The predicted octanol–water partition coefficient (Wildman–Crippen LogP) is 1.01. The van der Waals surface area contributed by atoms with Crippen LogP contribution in [0.15, 0.2) is 0 Å². The molecule has 0 atom stereocenters. The molecule has 1 N–H and O–H groups in total. The number of unbranched alkanes of at least 4 members (excludes halogenated alkanes) is 1. The molecule has 0 spiro atoms. The maximum atomic E-state index is 11.6. The minimum Gasteiger partial charge on any atom is -0.385 e. The lowest BCUT2D eigenvalue weighted by molar-refractivity contribution is -0.134. The van der Waals surface area contributed by atoms with Gasteiger partial charge in [-0.1, -0.05) is 0 Å². The zero-order chi connectivity index (χ0) is 13.8. The predicted molar refractivity (Wildman–Crippen MR) is 71.7 cm³/mol. The lowest BCUT2D eigenvalue weighted by Crippen LogP contribution is -2.38. The van der Waals surface area contributed by atoms with Crippen molar-refractivity contribution in [3.63, 3.8) is 0 Å². The Balaban J connectivity index is 3.68. The minimum atomic E-state index is -0.140. The minimum absolute atomic E-state index is 0.0211. The van der Waals surface area contributed by atoms with Gasteiger partial charge in [-0.25, -0.2) is 0 Å². The number of nitrogens with one attached hydrogen (secondary N) is 1. The Labute approximate surface area is 114 Å². The van der Waals surface area contributed by atoms with Crippen LogP contribution in [-0.4, -0.2) is 56.4 Å². The van der Waals surface area contributed by atoms with Crippen LogP contribution in [0.2, 0.25) is 0 Å². The van der Waals surface area contributed by atoms with Gasteiger partial charge in [-0.05, 0) is 19.3 Å². The first-order chi connectivity index (χ1) is 8.61. The molecule has 5 nitrogen and oxygen atoms in total. The molecule has 0 heterocycles. The van der Waals surface area contributed by atoms with Crippen molar-refractivity contribution in [3.8, 4) is 0 Å². The molecule has 0 saturated carbocycles. The second-order valence-corrected chi connectivity index (χ2v) is 4.47. The van der Waals surface area contributed by atoms with Gasteiger partial charge in [0.05, 0.1) is 6.54 Å². The van der Waals surface area contributed by atoms with Gasteiger partial charge in [-0.15, -0.1) is 11.6 Å². The van der Waals surface area contributed by atoms with Gasteiger partial charge < -0.3 is 15.0 Å². The summed E-state index contributed by atoms with van der Waals surface area (Å²) in [7, 11) is 3.26. The van der Waals surface area contributed by atoms with Crippen LogP contribution in [0.1, 0.15) is 25.7 Å². The number of hydrogen-bond acceptors (Lipinski definition) is 3. The van der Waals surface area contributed by atoms with E-state index in [1.807, 2.05) is 0 Å². The van der Waals surface area contributed by atoms with Crippen molar-refractivity contribution < 1.29 is 14.3 Å². The Hall–Kier alpha value is -0.810. The molecule has 0 saturated heterocycles. The van der Waals surface area contributed by atoms with E-state index in [1.54, 1.807) is 14.2 Å². The van der Waals surface area contributed by atoms with Gasteiger partial charge in [0.25, 0.3) is 0 Å². The maximum Gasteiger partial charge on any atom is 0.239 e. The number of rotatable bonds is 10. The van der Waals surface area contributed by atoms with Crippen molar-refractivity contribution in [2.75, 3.05) is 39.7 Å². The molecule has 2 amide bonds. The van der Waals surface area contributed by atoms with Gasteiger partial charge in [-0.3, -0.25) is 9.59 Å². The van der Waals surface area contributed by atoms with Gasteiger partial charge >= 0.3 is 0 Å². The standard InChI is InChI=1S/C12H23ClN2O3/c1-15(12(17)6-3-4-7-13)10-11(16)14-8-5-9-18-2/h3-10H2,1-2H3,(H,14,16). The zero-order valence-electron chi connectivity index (χ0n) is 11.2. The number of amides is 2. The second-order valence-electron chi connectivity index (χ2n) is 4.09. The normalized spacial score (nSPS) is 10.2. The molecule has 0 aromatic heterocycles. The number of ether oxygens (including phenoxy) is 1. The van der Waals surface area contributed by atoms with Crippen LogP contribution in [0.4, 0.5) is 0 Å². The Morgan fingerprint density at radius 3 is 2.61 bits per heavy atom. The molecular weight excluding hydrogens is 256 g/mol. The average Bonchev–Trinajstić information content (AvgIpc) is 2.34. The molecule has 0 bridgehead atoms. The third-order valence-electron chi connectivity index (χ3n) is 2.43. The average molecular weight is 279 g/mol. The molecule has 6 heteroatoms. The molecule has 18 heavy (non-hydrogen) atoms. The molecule has 0 unspecified atom stereocenters. The molecule has 0 aliphatic rings. The third-order valence-corrected chi connectivity index (χ3v) is 2.70. The molecule has 106 valence electrons. The molecule has 0 aliphatic carbocycles. The first kappa shape index (κ1) is 17.2. The second kappa shape index (κ2) is 11.3. The fourth-order valence-corrected chi connectivity index (χ4v) is 1.55. The van der Waals surface area contributed by atoms with Crippen molar-refractivity contribution >= 4 is 23.4 Å². The van der Waals surface area contributed by atoms with E-state index >= 15 is 0 Å². The summed E-state index contributed by atoms with van der Waals surface area (Å²) in [6.07, 6.45) is 2.81. The molecular formula is C12H23ClN2O3. The molecule has 0 aromatic carbocycles. The Morgan fingerprint density at radius 1 is 1.28 bits per heavy atom. The van der Waals surface area contributed by atoms with Crippen LogP contribution in [0.3, 0.4) is 0 Å². The quantitative estimate of drug-likeness (QED) is 0.479. The monoisotopic (exact) mass is 278 g/mol. The lowest BCUT2D eigenvalue weighted by atomic mass is 10.2. The van der Waals surface area contributed by atoms with Crippen molar-refractivity contribution in [1.82, 2.24) is 10.2 Å². The van der Waals surface area contributed by atoms with Crippen LogP contribution in [-0.2, 0) is 14.3 Å². The third kappa shape index (κ3) is 9.24. The largest absolute Gasteiger partial charge is 0.385 e. The zero-order valence-corrected chi connectivity index (χ0v) is 12.0. The van der Waals surface area contributed by atoms with Crippen LogP contribution in [0.25, 0.3) is 0 Å². The van der Waals surface area contributed by atoms with Crippen molar-refractivity contribution in [3.05, 3.63) is 0 Å². The topological polar surface area (TPSA) is 58.6 Å². The summed E-state index contributed by atoms with van der Waals surface area (Å²) in [5.74, 6) is 0.406. The number of hydrogen-bond donors (Lipinski definition) is 1. The SMILES string of the molecule is COCCCNC(=O)CN(C)C(=O)CCCCCl. The Bertz CT molecular complexity index is 249. The number of alkyl halides is 1. The van der Waals surface area contributed by atoms with Gasteiger partial charge in [0.15, 0.2) is 0 Å². The summed E-state index contributed by atoms with van der Waals surface area (Å²) in [6.45, 7) is 1.29. The highest BCUT2D eigenvalue weighted by molar-refractivity contribution is 6.17. The molecule has 0 radical (unpaired) electrons. The summed E-state index contributed by atoms with van der Waals surface area (Å²) >= 11 is 5.53. The van der Waals surface area contributed by atoms with Gasteiger partial charge in [-0.2, -0.15) is 0 Å². The number of carbonyl (C=O) groups is 2.